The molecule has 3 amide bonds. The van der Waals surface area contributed by atoms with Crippen molar-refractivity contribution in [3.05, 3.63) is 53.6 Å². The Labute approximate surface area is 204 Å². The number of piperazine rings is 1. The molecule has 0 radical (unpaired) electrons. The molecular formula is C26H30N6O3. The molecule has 182 valence electrons. The smallest absolute Gasteiger partial charge is 0.255 e. The number of carbonyl (C=O) groups is 3. The van der Waals surface area contributed by atoms with Crippen LogP contribution in [-0.2, 0) is 16.1 Å². The molecule has 4 aliphatic heterocycles. The quantitative estimate of drug-likeness (QED) is 0.504. The van der Waals surface area contributed by atoms with E-state index in [4.69, 9.17) is 5.73 Å². The van der Waals surface area contributed by atoms with E-state index in [0.29, 0.717) is 24.6 Å². The van der Waals surface area contributed by atoms with Crippen LogP contribution in [0.1, 0.15) is 28.8 Å². The van der Waals surface area contributed by atoms with Gasteiger partial charge in [0, 0.05) is 80.9 Å². The summed E-state index contributed by atoms with van der Waals surface area (Å²) in [4.78, 5) is 45.6. The Hall–Kier alpha value is -3.59. The maximum Gasteiger partial charge on any atom is 0.255 e. The van der Waals surface area contributed by atoms with Crippen molar-refractivity contribution in [2.75, 3.05) is 54.8 Å². The molecule has 3 N–H and O–H groups in total. The summed E-state index contributed by atoms with van der Waals surface area (Å²) in [6.45, 7) is 6.48. The fraction of sp³-hybridized carbons (Fsp3) is 0.423. The summed E-state index contributed by atoms with van der Waals surface area (Å²) in [5.41, 5.74) is 10.6. The molecule has 0 aliphatic carbocycles. The molecule has 2 aromatic carbocycles. The van der Waals surface area contributed by atoms with E-state index in [1.165, 1.54) is 5.69 Å². The van der Waals surface area contributed by atoms with Gasteiger partial charge < -0.3 is 20.4 Å². The van der Waals surface area contributed by atoms with Crippen LogP contribution in [0.3, 0.4) is 0 Å². The molecule has 0 aromatic heterocycles. The molecule has 6 rings (SSSR count). The first kappa shape index (κ1) is 21.9. The Morgan fingerprint density at radius 1 is 0.857 bits per heavy atom. The number of nitrogens with one attached hydrogen (secondary N) is 1. The average molecular weight is 475 g/mol. The lowest BCUT2D eigenvalue weighted by Crippen LogP contribution is -2.63. The monoisotopic (exact) mass is 474 g/mol. The van der Waals surface area contributed by atoms with Gasteiger partial charge in [0.05, 0.1) is 0 Å². The van der Waals surface area contributed by atoms with Crippen LogP contribution >= 0.6 is 0 Å². The molecule has 35 heavy (non-hydrogen) atoms. The van der Waals surface area contributed by atoms with Crippen molar-refractivity contribution in [3.8, 4) is 0 Å². The van der Waals surface area contributed by atoms with Crippen molar-refractivity contribution in [2.45, 2.75) is 31.5 Å². The number of nitrogens with two attached hydrogens (primary N) is 1. The van der Waals surface area contributed by atoms with Gasteiger partial charge >= 0.3 is 0 Å². The van der Waals surface area contributed by atoms with Crippen LogP contribution in [0.4, 0.5) is 17.1 Å². The minimum absolute atomic E-state index is 0.124. The highest BCUT2D eigenvalue weighted by Crippen LogP contribution is 2.33. The molecule has 4 heterocycles. The van der Waals surface area contributed by atoms with Crippen molar-refractivity contribution >= 4 is 34.8 Å². The normalized spacial score (nSPS) is 23.4. The Balaban J connectivity index is 1.04. The number of fused-ring (bicyclic) bond motifs is 1. The van der Waals surface area contributed by atoms with Gasteiger partial charge in [0.2, 0.25) is 11.8 Å². The first-order valence-electron chi connectivity index (χ1n) is 12.3. The first-order chi connectivity index (χ1) is 17.0. The summed E-state index contributed by atoms with van der Waals surface area (Å²) in [5, 5.41) is 2.36. The topological polar surface area (TPSA) is 102 Å². The number of hydrogen-bond donors (Lipinski definition) is 2. The van der Waals surface area contributed by atoms with Crippen LogP contribution in [0.15, 0.2) is 42.5 Å². The number of imide groups is 1. The molecule has 3 fully saturated rings. The van der Waals surface area contributed by atoms with Crippen LogP contribution in [-0.4, -0.2) is 78.9 Å². The predicted molar refractivity (Wildman–Crippen MR) is 133 cm³/mol. The van der Waals surface area contributed by atoms with Crippen LogP contribution in [0, 0.1) is 0 Å². The van der Waals surface area contributed by atoms with Gasteiger partial charge in [-0.05, 0) is 54.4 Å². The molecule has 3 saturated heterocycles. The first-order valence-corrected chi connectivity index (χ1v) is 12.3. The third kappa shape index (κ3) is 3.99. The molecule has 1 unspecified atom stereocenters. The lowest BCUT2D eigenvalue weighted by Gasteiger charge is -2.49. The second-order valence-corrected chi connectivity index (χ2v) is 9.91. The number of nitrogen functional groups attached to an aromatic ring is 1. The number of piperidine rings is 1. The second-order valence-electron chi connectivity index (χ2n) is 9.91. The summed E-state index contributed by atoms with van der Waals surface area (Å²) >= 11 is 0. The number of hydrogen-bond acceptors (Lipinski definition) is 7. The number of anilines is 3. The average Bonchev–Trinajstić information content (AvgIpc) is 3.15. The molecule has 2 aromatic rings. The summed E-state index contributed by atoms with van der Waals surface area (Å²) in [5.74, 6) is -0.761. The Morgan fingerprint density at radius 2 is 1.57 bits per heavy atom. The standard InChI is InChI=1S/C26H30N6O3/c27-18-1-3-19(4-2-18)29-9-11-30(12-10-29)21-15-31(16-21)20-5-6-22-17(13-20)14-32(26(22)35)23-7-8-24(33)28-25(23)34/h1-6,13,21,23H,7-12,14-16,27H2,(H,28,33,34). The highest BCUT2D eigenvalue weighted by Gasteiger charge is 2.40. The zero-order chi connectivity index (χ0) is 24.1. The Bertz CT molecular complexity index is 1170. The highest BCUT2D eigenvalue weighted by atomic mass is 16.2. The molecule has 4 aliphatic rings. The number of amides is 3. The number of carbonyl (C=O) groups excluding carboxylic acids is 3. The van der Waals surface area contributed by atoms with Crippen molar-refractivity contribution in [1.29, 1.82) is 0 Å². The Kier molecular flexibility index (Phi) is 5.36. The molecular weight excluding hydrogens is 444 g/mol. The fourth-order valence-corrected chi connectivity index (χ4v) is 5.69. The molecule has 0 spiro atoms. The predicted octanol–water partition coefficient (Wildman–Crippen LogP) is 1.04. The van der Waals surface area contributed by atoms with E-state index in [2.05, 4.69) is 38.2 Å². The Morgan fingerprint density at radius 3 is 2.29 bits per heavy atom. The van der Waals surface area contributed by atoms with Crippen molar-refractivity contribution in [1.82, 2.24) is 15.1 Å². The largest absolute Gasteiger partial charge is 0.399 e. The second kappa shape index (κ2) is 8.57. The third-order valence-corrected chi connectivity index (χ3v) is 7.82. The van der Waals surface area contributed by atoms with E-state index in [1.807, 2.05) is 24.3 Å². The zero-order valence-electron chi connectivity index (χ0n) is 19.7. The highest BCUT2D eigenvalue weighted by molar-refractivity contribution is 6.05. The van der Waals surface area contributed by atoms with Gasteiger partial charge in [-0.15, -0.1) is 0 Å². The summed E-state index contributed by atoms with van der Waals surface area (Å²) < 4.78 is 0. The van der Waals surface area contributed by atoms with Gasteiger partial charge in [0.15, 0.2) is 0 Å². The van der Waals surface area contributed by atoms with Crippen LogP contribution in [0.25, 0.3) is 0 Å². The number of benzene rings is 2. The zero-order valence-corrected chi connectivity index (χ0v) is 19.7. The molecule has 9 nitrogen and oxygen atoms in total. The van der Waals surface area contributed by atoms with E-state index >= 15 is 0 Å². The lowest BCUT2D eigenvalue weighted by atomic mass is 10.0. The fourth-order valence-electron chi connectivity index (χ4n) is 5.69. The SMILES string of the molecule is Nc1ccc(N2CCN(C3CN(c4ccc5c(c4)CN(C4CCC(=O)NC4=O)C5=O)C3)CC2)cc1. The summed E-state index contributed by atoms with van der Waals surface area (Å²) in [6, 6.07) is 14.1. The molecule has 0 saturated carbocycles. The van der Waals surface area contributed by atoms with Crippen molar-refractivity contribution < 1.29 is 14.4 Å². The van der Waals surface area contributed by atoms with Crippen molar-refractivity contribution in [3.63, 3.8) is 0 Å². The minimum Gasteiger partial charge on any atom is -0.399 e. The molecule has 0 bridgehead atoms. The van der Waals surface area contributed by atoms with E-state index in [9.17, 15) is 14.4 Å². The van der Waals surface area contributed by atoms with Crippen LogP contribution < -0.4 is 20.9 Å². The van der Waals surface area contributed by atoms with Gasteiger partial charge in [0.1, 0.15) is 6.04 Å². The van der Waals surface area contributed by atoms with Crippen molar-refractivity contribution in [2.24, 2.45) is 0 Å². The molecule has 1 atom stereocenters. The van der Waals surface area contributed by atoms with Gasteiger partial charge in [0.25, 0.3) is 5.91 Å². The van der Waals surface area contributed by atoms with Gasteiger partial charge in [-0.3, -0.25) is 24.6 Å². The maximum absolute atomic E-state index is 12.9. The van der Waals surface area contributed by atoms with E-state index in [0.717, 1.165) is 56.2 Å². The van der Waals surface area contributed by atoms with E-state index in [-0.39, 0.29) is 24.1 Å². The van der Waals surface area contributed by atoms with Crippen LogP contribution in [0.2, 0.25) is 0 Å². The summed E-state index contributed by atoms with van der Waals surface area (Å²) in [6.07, 6.45) is 0.655. The number of nitrogens with zero attached hydrogens (tertiary/aromatic N) is 4. The lowest BCUT2D eigenvalue weighted by molar-refractivity contribution is -0.136. The number of rotatable bonds is 4. The minimum atomic E-state index is -0.573. The van der Waals surface area contributed by atoms with E-state index < -0.39 is 6.04 Å². The van der Waals surface area contributed by atoms with E-state index in [1.54, 1.807) is 4.90 Å². The summed E-state index contributed by atoms with van der Waals surface area (Å²) in [7, 11) is 0. The van der Waals surface area contributed by atoms with Gasteiger partial charge in [-0.25, -0.2) is 0 Å². The van der Waals surface area contributed by atoms with Crippen LogP contribution in [0.5, 0.6) is 0 Å². The van der Waals surface area contributed by atoms with Gasteiger partial charge in [-0.2, -0.15) is 0 Å². The maximum atomic E-state index is 12.9. The third-order valence-electron chi connectivity index (χ3n) is 7.82. The van der Waals surface area contributed by atoms with Gasteiger partial charge in [-0.1, -0.05) is 0 Å². The molecule has 9 heteroatoms.